The largest absolute Gasteiger partial charge is 0.493 e. The second-order valence-electron chi connectivity index (χ2n) is 6.00. The van der Waals surface area contributed by atoms with Crippen LogP contribution < -0.4 is 25.2 Å². The highest BCUT2D eigenvalue weighted by molar-refractivity contribution is 6.07. The number of amides is 1. The van der Waals surface area contributed by atoms with Crippen LogP contribution in [-0.4, -0.2) is 42.1 Å². The van der Waals surface area contributed by atoms with E-state index in [9.17, 15) is 19.7 Å². The lowest BCUT2D eigenvalue weighted by atomic mass is 10.1. The first-order valence-corrected chi connectivity index (χ1v) is 8.56. The third kappa shape index (κ3) is 3.94. The van der Waals surface area contributed by atoms with E-state index in [1.54, 1.807) is 12.1 Å². The Hall–Kier alpha value is -4.28. The van der Waals surface area contributed by atoms with Gasteiger partial charge in [-0.25, -0.2) is 4.79 Å². The van der Waals surface area contributed by atoms with Crippen LogP contribution in [-0.2, 0) is 0 Å². The fourth-order valence-electron chi connectivity index (χ4n) is 2.89. The van der Waals surface area contributed by atoms with Crippen LogP contribution in [0.4, 0.5) is 11.4 Å². The summed E-state index contributed by atoms with van der Waals surface area (Å²) in [6, 6.07) is 8.59. The smallest absolute Gasteiger partial charge is 0.323 e. The fourth-order valence-corrected chi connectivity index (χ4v) is 2.89. The molecular weight excluding hydrogens is 396 g/mol. The Balaban J connectivity index is 2.03. The van der Waals surface area contributed by atoms with Gasteiger partial charge in [-0.1, -0.05) is 6.07 Å². The van der Waals surface area contributed by atoms with E-state index < -0.39 is 16.5 Å². The van der Waals surface area contributed by atoms with Gasteiger partial charge in [-0.15, -0.1) is 0 Å². The lowest BCUT2D eigenvalue weighted by Crippen LogP contribution is -2.14. The van der Waals surface area contributed by atoms with Crippen molar-refractivity contribution < 1.29 is 23.9 Å². The molecule has 2 aromatic carbocycles. The molecule has 1 heterocycles. The van der Waals surface area contributed by atoms with Crippen molar-refractivity contribution in [1.82, 2.24) is 9.97 Å². The van der Waals surface area contributed by atoms with E-state index in [2.05, 4.69) is 15.3 Å². The van der Waals surface area contributed by atoms with E-state index in [0.29, 0.717) is 22.8 Å². The van der Waals surface area contributed by atoms with Crippen LogP contribution in [0.25, 0.3) is 11.3 Å². The monoisotopic (exact) mass is 414 g/mol. The van der Waals surface area contributed by atoms with Crippen LogP contribution in [0.15, 0.2) is 41.2 Å². The zero-order valence-corrected chi connectivity index (χ0v) is 16.3. The summed E-state index contributed by atoms with van der Waals surface area (Å²) in [6.07, 6.45) is 0. The summed E-state index contributed by atoms with van der Waals surface area (Å²) in [4.78, 5) is 40.1. The maximum Gasteiger partial charge on any atom is 0.323 e. The first-order chi connectivity index (χ1) is 14.4. The van der Waals surface area contributed by atoms with Crippen LogP contribution in [0.5, 0.6) is 17.2 Å². The molecule has 0 saturated heterocycles. The molecule has 0 unspecified atom stereocenters. The number of carbonyl (C=O) groups excluding carboxylic acids is 1. The number of methoxy groups -OCH3 is 3. The number of imidazole rings is 1. The van der Waals surface area contributed by atoms with Gasteiger partial charge in [0.2, 0.25) is 5.75 Å². The van der Waals surface area contributed by atoms with E-state index in [0.717, 1.165) is 0 Å². The molecule has 11 heteroatoms. The fraction of sp³-hybridized carbons (Fsp3) is 0.158. The summed E-state index contributed by atoms with van der Waals surface area (Å²) in [5.41, 5.74) is -0.0507. The summed E-state index contributed by atoms with van der Waals surface area (Å²) in [6.45, 7) is 0. The van der Waals surface area contributed by atoms with Crippen molar-refractivity contribution >= 4 is 17.3 Å². The van der Waals surface area contributed by atoms with Gasteiger partial charge in [-0.05, 0) is 18.2 Å². The second-order valence-corrected chi connectivity index (χ2v) is 6.00. The average molecular weight is 414 g/mol. The Morgan fingerprint density at radius 3 is 2.27 bits per heavy atom. The topological polar surface area (TPSA) is 149 Å². The Kier molecular flexibility index (Phi) is 5.72. The summed E-state index contributed by atoms with van der Waals surface area (Å²) in [5.74, 6) is 0.347. The van der Waals surface area contributed by atoms with Gasteiger partial charge in [0, 0.05) is 23.4 Å². The number of nitrogens with one attached hydrogen (secondary N) is 3. The molecule has 0 radical (unpaired) electrons. The SMILES string of the molecule is COc1cc(-c2[nH]c(=O)[nH]c2C(=O)Nc2cccc([N+](=O)[O-])c2)cc(OC)c1OC. The number of non-ortho nitro benzene ring substituents is 1. The Morgan fingerprint density at radius 2 is 1.70 bits per heavy atom. The summed E-state index contributed by atoms with van der Waals surface area (Å²) in [7, 11) is 4.34. The van der Waals surface area contributed by atoms with Gasteiger partial charge in [0.05, 0.1) is 31.9 Å². The molecule has 3 aromatic rings. The average Bonchev–Trinajstić information content (AvgIpc) is 3.14. The van der Waals surface area contributed by atoms with E-state index in [1.807, 2.05) is 0 Å². The highest BCUT2D eigenvalue weighted by Crippen LogP contribution is 2.41. The summed E-state index contributed by atoms with van der Waals surface area (Å²) >= 11 is 0. The minimum atomic E-state index is -0.669. The molecule has 0 aliphatic heterocycles. The van der Waals surface area contributed by atoms with Crippen molar-refractivity contribution in [2.75, 3.05) is 26.6 Å². The third-order valence-electron chi connectivity index (χ3n) is 4.22. The van der Waals surface area contributed by atoms with Gasteiger partial charge in [0.15, 0.2) is 11.5 Å². The number of hydrogen-bond donors (Lipinski definition) is 3. The van der Waals surface area contributed by atoms with Crippen molar-refractivity contribution in [2.24, 2.45) is 0 Å². The number of anilines is 1. The van der Waals surface area contributed by atoms with Crippen LogP contribution >= 0.6 is 0 Å². The first kappa shape index (κ1) is 20.5. The van der Waals surface area contributed by atoms with Crippen molar-refractivity contribution in [3.8, 4) is 28.5 Å². The lowest BCUT2D eigenvalue weighted by molar-refractivity contribution is -0.384. The van der Waals surface area contributed by atoms with E-state index in [1.165, 1.54) is 45.6 Å². The number of rotatable bonds is 7. The summed E-state index contributed by atoms with van der Waals surface area (Å²) < 4.78 is 15.9. The number of nitro benzene ring substituents is 1. The standard InChI is InChI=1S/C19H18N4O7/c1-28-13-7-10(8-14(29-2)17(13)30-3)15-16(22-19(25)21-15)18(24)20-11-5-4-6-12(9-11)23(26)27/h4-9H,1-3H3,(H,20,24)(H2,21,22,25). The molecule has 156 valence electrons. The van der Waals surface area contributed by atoms with Gasteiger partial charge < -0.3 is 29.5 Å². The van der Waals surface area contributed by atoms with E-state index in [-0.39, 0.29) is 22.8 Å². The molecule has 1 aromatic heterocycles. The predicted molar refractivity (Wildman–Crippen MR) is 108 cm³/mol. The molecule has 3 N–H and O–H groups in total. The number of ether oxygens (including phenoxy) is 3. The normalized spacial score (nSPS) is 10.4. The predicted octanol–water partition coefficient (Wildman–Crippen LogP) is 2.56. The van der Waals surface area contributed by atoms with Crippen LogP contribution in [0.3, 0.4) is 0 Å². The third-order valence-corrected chi connectivity index (χ3v) is 4.22. The van der Waals surface area contributed by atoms with E-state index >= 15 is 0 Å². The Labute approximate surface area is 169 Å². The summed E-state index contributed by atoms with van der Waals surface area (Å²) in [5, 5.41) is 13.5. The molecule has 0 aliphatic rings. The zero-order chi connectivity index (χ0) is 21.8. The highest BCUT2D eigenvalue weighted by Gasteiger charge is 2.21. The van der Waals surface area contributed by atoms with Gasteiger partial charge >= 0.3 is 5.69 Å². The van der Waals surface area contributed by atoms with Gasteiger partial charge in [0.25, 0.3) is 11.6 Å². The van der Waals surface area contributed by atoms with Crippen LogP contribution in [0, 0.1) is 10.1 Å². The maximum absolute atomic E-state index is 12.8. The minimum Gasteiger partial charge on any atom is -0.493 e. The van der Waals surface area contributed by atoms with E-state index in [4.69, 9.17) is 14.2 Å². The molecule has 0 spiro atoms. The number of hydrogen-bond acceptors (Lipinski definition) is 7. The Bertz CT molecular complexity index is 1140. The number of aromatic nitrogens is 2. The molecule has 1 amide bonds. The first-order valence-electron chi connectivity index (χ1n) is 8.56. The van der Waals surface area contributed by atoms with Gasteiger partial charge in [-0.3, -0.25) is 14.9 Å². The maximum atomic E-state index is 12.8. The number of nitro groups is 1. The number of nitrogens with zero attached hydrogens (tertiary/aromatic N) is 1. The van der Waals surface area contributed by atoms with Crippen molar-refractivity contribution in [1.29, 1.82) is 0 Å². The molecule has 0 fully saturated rings. The lowest BCUT2D eigenvalue weighted by Gasteiger charge is -2.14. The quantitative estimate of drug-likeness (QED) is 0.397. The van der Waals surface area contributed by atoms with Gasteiger partial charge in [-0.2, -0.15) is 0 Å². The molecule has 11 nitrogen and oxygen atoms in total. The Morgan fingerprint density at radius 1 is 1.03 bits per heavy atom. The number of aromatic amines is 2. The molecule has 0 atom stereocenters. The molecule has 0 bridgehead atoms. The van der Waals surface area contributed by atoms with Crippen LogP contribution in [0.2, 0.25) is 0 Å². The molecule has 3 rings (SSSR count). The van der Waals surface area contributed by atoms with Gasteiger partial charge in [0.1, 0.15) is 5.69 Å². The molecule has 30 heavy (non-hydrogen) atoms. The molecular formula is C19H18N4O7. The number of H-pyrrole nitrogens is 2. The second kappa shape index (κ2) is 8.39. The molecule has 0 aliphatic carbocycles. The van der Waals surface area contributed by atoms with Crippen molar-refractivity contribution in [3.63, 3.8) is 0 Å². The minimum absolute atomic E-state index is 0.0687. The zero-order valence-electron chi connectivity index (χ0n) is 16.3. The highest BCUT2D eigenvalue weighted by atomic mass is 16.6. The van der Waals surface area contributed by atoms with Crippen LogP contribution in [0.1, 0.15) is 10.5 Å². The van der Waals surface area contributed by atoms with Crippen molar-refractivity contribution in [2.45, 2.75) is 0 Å². The van der Waals surface area contributed by atoms with Crippen molar-refractivity contribution in [3.05, 3.63) is 62.7 Å². The number of carbonyl (C=O) groups is 1. The number of benzene rings is 2. The molecule has 0 saturated carbocycles.